The topological polar surface area (TPSA) is 78.5 Å². The normalized spacial score (nSPS) is 30.3. The summed E-state index contributed by atoms with van der Waals surface area (Å²) in [5.74, 6) is 0.0532. The smallest absolute Gasteiger partial charge is 0.229 e. The molecule has 1 aromatic rings. The number of nitrogens with zero attached hydrogens (tertiary/aromatic N) is 1. The number of benzene rings is 1. The zero-order valence-corrected chi connectivity index (χ0v) is 14.6. The summed E-state index contributed by atoms with van der Waals surface area (Å²) < 4.78 is 25.3. The molecule has 0 saturated carbocycles. The van der Waals surface area contributed by atoms with Crippen molar-refractivity contribution in [2.45, 2.75) is 18.9 Å². The highest BCUT2D eigenvalue weighted by Crippen LogP contribution is 2.40. The molecule has 0 radical (unpaired) electrons. The molecular formula is C17H23N3O3S. The predicted molar refractivity (Wildman–Crippen MR) is 91.0 cm³/mol. The lowest BCUT2D eigenvalue weighted by atomic mass is 9.80. The van der Waals surface area contributed by atoms with Crippen molar-refractivity contribution in [1.82, 2.24) is 14.9 Å². The largest absolute Gasteiger partial charge is 0.352 e. The van der Waals surface area contributed by atoms with Gasteiger partial charge in [-0.2, -0.15) is 0 Å². The summed E-state index contributed by atoms with van der Waals surface area (Å²) >= 11 is 0. The Hall–Kier alpha value is -1.44. The molecule has 6 nitrogen and oxygen atoms in total. The molecule has 1 aliphatic carbocycles. The van der Waals surface area contributed by atoms with Crippen molar-refractivity contribution in [2.75, 3.05) is 32.4 Å². The zero-order valence-electron chi connectivity index (χ0n) is 13.8. The molecule has 2 N–H and O–H groups in total. The molecule has 0 unspecified atom stereocenters. The number of carbonyl (C=O) groups is 1. The number of hydrogen-bond acceptors (Lipinski definition) is 4. The number of sulfonamides is 1. The Kier molecular flexibility index (Phi) is 3.71. The van der Waals surface area contributed by atoms with E-state index in [1.165, 1.54) is 21.7 Å². The molecule has 2 saturated heterocycles. The fourth-order valence-corrected chi connectivity index (χ4v) is 5.35. The second kappa shape index (κ2) is 5.54. The number of nitrogens with one attached hydrogen (secondary N) is 2. The number of fused-ring (bicyclic) bond motifs is 2. The summed E-state index contributed by atoms with van der Waals surface area (Å²) in [5.41, 5.74) is 1.97. The Morgan fingerprint density at radius 2 is 1.96 bits per heavy atom. The van der Waals surface area contributed by atoms with E-state index in [1.54, 1.807) is 0 Å². The zero-order chi connectivity index (χ0) is 16.9. The summed E-state index contributed by atoms with van der Waals surface area (Å²) in [7, 11) is -3.26. The average Bonchev–Trinajstić information content (AvgIpc) is 3.17. The molecule has 4 rings (SSSR count). The van der Waals surface area contributed by atoms with Crippen molar-refractivity contribution >= 4 is 15.9 Å². The highest BCUT2D eigenvalue weighted by atomic mass is 32.2. The van der Waals surface area contributed by atoms with Gasteiger partial charge in [0.15, 0.2) is 0 Å². The van der Waals surface area contributed by atoms with Crippen LogP contribution in [0.25, 0.3) is 0 Å². The van der Waals surface area contributed by atoms with Crippen molar-refractivity contribution in [1.29, 1.82) is 0 Å². The van der Waals surface area contributed by atoms with Gasteiger partial charge in [0.25, 0.3) is 0 Å². The van der Waals surface area contributed by atoms with Gasteiger partial charge in [-0.1, -0.05) is 24.3 Å². The summed E-state index contributed by atoms with van der Waals surface area (Å²) in [6, 6.07) is 8.39. The lowest BCUT2D eigenvalue weighted by Crippen LogP contribution is -2.51. The van der Waals surface area contributed by atoms with Crippen LogP contribution in [0.5, 0.6) is 0 Å². The molecule has 0 aromatic heterocycles. The summed E-state index contributed by atoms with van der Waals surface area (Å²) in [6.45, 7) is 1.97. The molecule has 24 heavy (non-hydrogen) atoms. The Morgan fingerprint density at radius 3 is 2.58 bits per heavy atom. The van der Waals surface area contributed by atoms with Gasteiger partial charge in [0, 0.05) is 38.1 Å². The maximum absolute atomic E-state index is 13.1. The van der Waals surface area contributed by atoms with Gasteiger partial charge in [0.2, 0.25) is 15.9 Å². The van der Waals surface area contributed by atoms with E-state index < -0.39 is 15.4 Å². The third kappa shape index (κ3) is 2.55. The minimum Gasteiger partial charge on any atom is -0.352 e. The number of amides is 1. The Morgan fingerprint density at radius 1 is 1.29 bits per heavy atom. The van der Waals surface area contributed by atoms with E-state index in [9.17, 15) is 13.2 Å². The van der Waals surface area contributed by atoms with Gasteiger partial charge in [-0.3, -0.25) is 4.79 Å². The van der Waals surface area contributed by atoms with Crippen LogP contribution in [0.3, 0.4) is 0 Å². The molecule has 2 atom stereocenters. The molecule has 0 bridgehead atoms. The molecular weight excluding hydrogens is 326 g/mol. The fraction of sp³-hybridized carbons (Fsp3) is 0.588. The van der Waals surface area contributed by atoms with Gasteiger partial charge in [-0.05, 0) is 24.0 Å². The van der Waals surface area contributed by atoms with Gasteiger partial charge in [0.05, 0.1) is 11.7 Å². The van der Waals surface area contributed by atoms with Crippen molar-refractivity contribution in [2.24, 2.45) is 11.3 Å². The molecule has 1 aromatic carbocycles. The predicted octanol–water partition coefficient (Wildman–Crippen LogP) is -0.249. The quantitative estimate of drug-likeness (QED) is 0.789. The van der Waals surface area contributed by atoms with E-state index in [4.69, 9.17) is 0 Å². The number of rotatable bonds is 3. The van der Waals surface area contributed by atoms with Crippen LogP contribution in [0.15, 0.2) is 24.3 Å². The Balaban J connectivity index is 1.50. The molecule has 2 heterocycles. The van der Waals surface area contributed by atoms with Crippen molar-refractivity contribution < 1.29 is 13.2 Å². The van der Waals surface area contributed by atoms with Gasteiger partial charge in [-0.25, -0.2) is 12.7 Å². The standard InChI is InChI=1S/C17H23N3O3S/c1-24(22,23)20-9-14-8-18-10-17(14,11-20)16(21)19-15-6-12-4-2-3-5-13(12)7-15/h2-5,14-15,18H,6-11H2,1H3,(H,19,21)/t14-,17-/m1/s1. The van der Waals surface area contributed by atoms with Crippen molar-refractivity contribution in [3.8, 4) is 0 Å². The second-order valence-electron chi connectivity index (χ2n) is 7.39. The third-order valence-corrected chi connectivity index (χ3v) is 7.02. The first kappa shape index (κ1) is 16.1. The van der Waals surface area contributed by atoms with E-state index in [0.29, 0.717) is 19.6 Å². The molecule has 2 aliphatic heterocycles. The summed E-state index contributed by atoms with van der Waals surface area (Å²) in [5, 5.41) is 6.48. The Labute approximate surface area is 142 Å². The van der Waals surface area contributed by atoms with Crippen LogP contribution in [0.1, 0.15) is 11.1 Å². The van der Waals surface area contributed by atoms with Crippen LogP contribution in [0, 0.1) is 11.3 Å². The minimum atomic E-state index is -3.26. The maximum atomic E-state index is 13.1. The van der Waals surface area contributed by atoms with E-state index in [1.807, 2.05) is 12.1 Å². The highest BCUT2D eigenvalue weighted by Gasteiger charge is 2.56. The lowest BCUT2D eigenvalue weighted by Gasteiger charge is -2.28. The van der Waals surface area contributed by atoms with Gasteiger partial charge >= 0.3 is 0 Å². The monoisotopic (exact) mass is 349 g/mol. The molecule has 0 spiro atoms. The average molecular weight is 349 g/mol. The first-order valence-corrected chi connectivity index (χ1v) is 10.3. The lowest BCUT2D eigenvalue weighted by molar-refractivity contribution is -0.131. The number of carbonyl (C=O) groups excluding carboxylic acids is 1. The van der Waals surface area contributed by atoms with Crippen LogP contribution in [0.2, 0.25) is 0 Å². The second-order valence-corrected chi connectivity index (χ2v) is 9.37. The molecule has 3 aliphatic rings. The van der Waals surface area contributed by atoms with Crippen LogP contribution in [0.4, 0.5) is 0 Å². The Bertz CT molecular complexity index is 754. The van der Waals surface area contributed by atoms with Crippen LogP contribution >= 0.6 is 0 Å². The first-order chi connectivity index (χ1) is 11.4. The van der Waals surface area contributed by atoms with Crippen LogP contribution in [-0.2, 0) is 27.7 Å². The van der Waals surface area contributed by atoms with Gasteiger partial charge < -0.3 is 10.6 Å². The SMILES string of the molecule is CS(=O)(=O)N1C[C@H]2CNC[C@@]2(C(=O)NC2Cc3ccccc3C2)C1. The molecule has 130 valence electrons. The van der Waals surface area contributed by atoms with Crippen molar-refractivity contribution in [3.05, 3.63) is 35.4 Å². The molecule has 7 heteroatoms. The van der Waals surface area contributed by atoms with E-state index in [2.05, 4.69) is 22.8 Å². The summed E-state index contributed by atoms with van der Waals surface area (Å²) in [4.78, 5) is 13.1. The van der Waals surface area contributed by atoms with E-state index in [-0.39, 0.29) is 24.4 Å². The van der Waals surface area contributed by atoms with E-state index in [0.717, 1.165) is 12.8 Å². The van der Waals surface area contributed by atoms with Crippen molar-refractivity contribution in [3.63, 3.8) is 0 Å². The minimum absolute atomic E-state index is 0.00135. The highest BCUT2D eigenvalue weighted by molar-refractivity contribution is 7.88. The van der Waals surface area contributed by atoms with E-state index >= 15 is 0 Å². The molecule has 2 fully saturated rings. The van der Waals surface area contributed by atoms with Gasteiger partial charge in [0.1, 0.15) is 0 Å². The van der Waals surface area contributed by atoms with Crippen LogP contribution < -0.4 is 10.6 Å². The maximum Gasteiger partial charge on any atom is 0.229 e. The third-order valence-electron chi connectivity index (χ3n) is 5.80. The fourth-order valence-electron chi connectivity index (χ4n) is 4.44. The number of hydrogen-bond donors (Lipinski definition) is 2. The van der Waals surface area contributed by atoms with Crippen LogP contribution in [-0.4, -0.2) is 57.1 Å². The molecule has 1 amide bonds. The first-order valence-electron chi connectivity index (χ1n) is 8.42. The van der Waals surface area contributed by atoms with Gasteiger partial charge in [-0.15, -0.1) is 0 Å². The summed E-state index contributed by atoms with van der Waals surface area (Å²) in [6.07, 6.45) is 2.93.